The van der Waals surface area contributed by atoms with Gasteiger partial charge in [-0.2, -0.15) is 0 Å². The Morgan fingerprint density at radius 3 is 2.65 bits per heavy atom. The molecule has 0 aromatic carbocycles. The van der Waals surface area contributed by atoms with Gasteiger partial charge in [-0.1, -0.05) is 6.92 Å². The maximum Gasteiger partial charge on any atom is 0.308 e. The van der Waals surface area contributed by atoms with Crippen molar-refractivity contribution >= 4 is 11.9 Å². The van der Waals surface area contributed by atoms with Crippen LogP contribution in [-0.2, 0) is 14.3 Å². The molecule has 1 N–H and O–H groups in total. The topological polar surface area (TPSA) is 66.8 Å². The lowest BCUT2D eigenvalue weighted by atomic mass is 10.1. The molecule has 0 aromatic heterocycles. The van der Waals surface area contributed by atoms with E-state index in [2.05, 4.69) is 0 Å². The van der Waals surface area contributed by atoms with E-state index >= 15 is 0 Å². The van der Waals surface area contributed by atoms with Gasteiger partial charge in [-0.25, -0.2) is 0 Å². The number of rotatable bonds is 5. The molecule has 0 aliphatic carbocycles. The molecule has 5 heteroatoms. The number of carboxylic acids is 1. The van der Waals surface area contributed by atoms with E-state index in [0.717, 1.165) is 19.3 Å². The van der Waals surface area contributed by atoms with Crippen molar-refractivity contribution in [2.45, 2.75) is 39.2 Å². The van der Waals surface area contributed by atoms with Crippen molar-refractivity contribution in [2.75, 3.05) is 19.7 Å². The highest BCUT2D eigenvalue weighted by Crippen LogP contribution is 2.15. The molecule has 0 saturated carbocycles. The van der Waals surface area contributed by atoms with E-state index in [9.17, 15) is 9.59 Å². The highest BCUT2D eigenvalue weighted by atomic mass is 16.5. The minimum absolute atomic E-state index is 0.0692. The van der Waals surface area contributed by atoms with Crippen molar-refractivity contribution in [2.24, 2.45) is 5.92 Å². The third-order valence-corrected chi connectivity index (χ3v) is 3.06. The third-order valence-electron chi connectivity index (χ3n) is 3.06. The SMILES string of the molecule is CCN(CC(C)C(=O)O)C(=O)C1CCCCO1. The predicted octanol–water partition coefficient (Wildman–Crippen LogP) is 1.12. The number of carbonyl (C=O) groups is 2. The minimum atomic E-state index is -0.874. The van der Waals surface area contributed by atoms with Gasteiger partial charge < -0.3 is 14.7 Å². The van der Waals surface area contributed by atoms with Crippen LogP contribution in [0.4, 0.5) is 0 Å². The van der Waals surface area contributed by atoms with Gasteiger partial charge in [0, 0.05) is 19.7 Å². The first kappa shape index (κ1) is 14.0. The summed E-state index contributed by atoms with van der Waals surface area (Å²) in [5, 5.41) is 8.85. The summed E-state index contributed by atoms with van der Waals surface area (Å²) in [4.78, 5) is 24.5. The van der Waals surface area contributed by atoms with Gasteiger partial charge in [0.2, 0.25) is 0 Å². The fourth-order valence-corrected chi connectivity index (χ4v) is 1.92. The Bertz CT molecular complexity index is 274. The number of likely N-dealkylation sites (N-methyl/N-ethyl adjacent to an activating group) is 1. The summed E-state index contributed by atoms with van der Waals surface area (Å²) in [5.74, 6) is -1.48. The summed E-state index contributed by atoms with van der Waals surface area (Å²) in [6.07, 6.45) is 2.38. The number of carboxylic acid groups (broad SMARTS) is 1. The maximum atomic E-state index is 12.1. The van der Waals surface area contributed by atoms with E-state index in [4.69, 9.17) is 9.84 Å². The van der Waals surface area contributed by atoms with E-state index in [1.807, 2.05) is 6.92 Å². The number of hydrogen-bond donors (Lipinski definition) is 1. The van der Waals surface area contributed by atoms with E-state index in [0.29, 0.717) is 13.2 Å². The van der Waals surface area contributed by atoms with E-state index < -0.39 is 11.9 Å². The Morgan fingerprint density at radius 1 is 1.47 bits per heavy atom. The van der Waals surface area contributed by atoms with Crippen molar-refractivity contribution in [3.8, 4) is 0 Å². The number of hydrogen-bond acceptors (Lipinski definition) is 3. The highest BCUT2D eigenvalue weighted by molar-refractivity contribution is 5.81. The van der Waals surface area contributed by atoms with Gasteiger partial charge in [-0.05, 0) is 26.2 Å². The molecule has 1 rings (SSSR count). The smallest absolute Gasteiger partial charge is 0.308 e. The molecule has 98 valence electrons. The van der Waals surface area contributed by atoms with Gasteiger partial charge in [-0.3, -0.25) is 9.59 Å². The second kappa shape index (κ2) is 6.59. The predicted molar refractivity (Wildman–Crippen MR) is 62.6 cm³/mol. The summed E-state index contributed by atoms with van der Waals surface area (Å²) in [6, 6.07) is 0. The molecule has 1 aliphatic rings. The Morgan fingerprint density at radius 2 is 2.18 bits per heavy atom. The Hall–Kier alpha value is -1.10. The van der Waals surface area contributed by atoms with Gasteiger partial charge in [-0.15, -0.1) is 0 Å². The second-order valence-electron chi connectivity index (χ2n) is 4.47. The standard InChI is InChI=1S/C12H21NO4/c1-3-13(8-9(2)12(15)16)11(14)10-6-4-5-7-17-10/h9-10H,3-8H2,1-2H3,(H,15,16). The zero-order valence-electron chi connectivity index (χ0n) is 10.5. The summed E-state index contributed by atoms with van der Waals surface area (Å²) >= 11 is 0. The lowest BCUT2D eigenvalue weighted by Crippen LogP contribution is -2.44. The van der Waals surface area contributed by atoms with Crippen molar-refractivity contribution in [3.63, 3.8) is 0 Å². The Balaban J connectivity index is 2.53. The molecule has 1 heterocycles. The van der Waals surface area contributed by atoms with Crippen molar-refractivity contribution in [1.29, 1.82) is 0 Å². The highest BCUT2D eigenvalue weighted by Gasteiger charge is 2.28. The first-order valence-electron chi connectivity index (χ1n) is 6.19. The fourth-order valence-electron chi connectivity index (χ4n) is 1.92. The summed E-state index contributed by atoms with van der Waals surface area (Å²) in [5.41, 5.74) is 0. The molecule has 2 unspecified atom stereocenters. The number of amides is 1. The summed E-state index contributed by atoms with van der Waals surface area (Å²) in [6.45, 7) is 4.87. The molecule has 1 saturated heterocycles. The first-order valence-corrected chi connectivity index (χ1v) is 6.19. The summed E-state index contributed by atoms with van der Waals surface area (Å²) < 4.78 is 5.43. The van der Waals surface area contributed by atoms with E-state index in [-0.39, 0.29) is 18.6 Å². The van der Waals surface area contributed by atoms with E-state index in [1.54, 1.807) is 11.8 Å². The quantitative estimate of drug-likeness (QED) is 0.786. The van der Waals surface area contributed by atoms with Crippen LogP contribution in [0.25, 0.3) is 0 Å². The third kappa shape index (κ3) is 4.00. The average Bonchev–Trinajstić information content (AvgIpc) is 2.35. The molecule has 0 spiro atoms. The zero-order chi connectivity index (χ0) is 12.8. The van der Waals surface area contributed by atoms with Crippen LogP contribution in [-0.4, -0.2) is 47.7 Å². The molecule has 1 aliphatic heterocycles. The molecule has 17 heavy (non-hydrogen) atoms. The van der Waals surface area contributed by atoms with E-state index in [1.165, 1.54) is 0 Å². The van der Waals surface area contributed by atoms with Gasteiger partial charge >= 0.3 is 5.97 Å². The van der Waals surface area contributed by atoms with Gasteiger partial charge in [0.1, 0.15) is 6.10 Å². The van der Waals surface area contributed by atoms with Crippen LogP contribution in [0.15, 0.2) is 0 Å². The van der Waals surface area contributed by atoms with Crippen molar-refractivity contribution < 1.29 is 19.4 Å². The van der Waals surface area contributed by atoms with Crippen molar-refractivity contribution in [1.82, 2.24) is 4.90 Å². The van der Waals surface area contributed by atoms with Gasteiger partial charge in [0.05, 0.1) is 5.92 Å². The molecule has 2 atom stereocenters. The summed E-state index contributed by atoms with van der Waals surface area (Å²) in [7, 11) is 0. The number of nitrogens with zero attached hydrogens (tertiary/aromatic N) is 1. The number of ether oxygens (including phenoxy) is 1. The first-order chi connectivity index (χ1) is 8.06. The minimum Gasteiger partial charge on any atom is -0.481 e. The van der Waals surface area contributed by atoms with Crippen LogP contribution in [0.5, 0.6) is 0 Å². The Labute approximate surface area is 102 Å². The normalized spacial score (nSPS) is 21.9. The molecule has 1 fully saturated rings. The number of aliphatic carboxylic acids is 1. The Kier molecular flexibility index (Phi) is 5.41. The lowest BCUT2D eigenvalue weighted by Gasteiger charge is -2.29. The maximum absolute atomic E-state index is 12.1. The molecule has 0 radical (unpaired) electrons. The average molecular weight is 243 g/mol. The monoisotopic (exact) mass is 243 g/mol. The fraction of sp³-hybridized carbons (Fsp3) is 0.833. The van der Waals surface area contributed by atoms with Crippen LogP contribution < -0.4 is 0 Å². The zero-order valence-corrected chi connectivity index (χ0v) is 10.5. The second-order valence-corrected chi connectivity index (χ2v) is 4.47. The molecule has 0 aromatic rings. The van der Waals surface area contributed by atoms with Crippen LogP contribution in [0.1, 0.15) is 33.1 Å². The molecule has 5 nitrogen and oxygen atoms in total. The largest absolute Gasteiger partial charge is 0.481 e. The molecular formula is C12H21NO4. The van der Waals surface area contributed by atoms with Gasteiger partial charge in [0.15, 0.2) is 0 Å². The molecule has 0 bridgehead atoms. The molecule has 1 amide bonds. The van der Waals surface area contributed by atoms with Crippen molar-refractivity contribution in [3.05, 3.63) is 0 Å². The van der Waals surface area contributed by atoms with Crippen LogP contribution in [0.2, 0.25) is 0 Å². The van der Waals surface area contributed by atoms with Crippen LogP contribution in [0.3, 0.4) is 0 Å². The van der Waals surface area contributed by atoms with Gasteiger partial charge in [0.25, 0.3) is 5.91 Å². The lowest BCUT2D eigenvalue weighted by molar-refractivity contribution is -0.149. The van der Waals surface area contributed by atoms with Crippen LogP contribution in [0, 0.1) is 5.92 Å². The number of carbonyl (C=O) groups excluding carboxylic acids is 1. The van der Waals surface area contributed by atoms with Crippen LogP contribution >= 0.6 is 0 Å². The molecular weight excluding hydrogens is 222 g/mol.